The lowest BCUT2D eigenvalue weighted by Crippen LogP contribution is -2.47. The summed E-state index contributed by atoms with van der Waals surface area (Å²) in [4.78, 5) is 78.8. The number of rotatable bonds is 19. The number of hydrogen-bond donors (Lipinski definition) is 1. The zero-order valence-corrected chi connectivity index (χ0v) is 30.3. The molecule has 0 radical (unpaired) electrons. The number of nitrogens with zero attached hydrogens (tertiary/aromatic N) is 9. The number of nitrogens with one attached hydrogen (secondary N) is 1. The Morgan fingerprint density at radius 1 is 0.852 bits per heavy atom. The Labute approximate surface area is 304 Å². The van der Waals surface area contributed by atoms with Gasteiger partial charge in [-0.2, -0.15) is 9.40 Å². The summed E-state index contributed by atoms with van der Waals surface area (Å²) >= 11 is 0. The highest BCUT2D eigenvalue weighted by Gasteiger charge is 2.37. The van der Waals surface area contributed by atoms with E-state index in [0.717, 1.165) is 12.1 Å². The van der Waals surface area contributed by atoms with Gasteiger partial charge in [-0.25, -0.2) is 13.4 Å². The monoisotopic (exact) mass is 790 g/mol. The van der Waals surface area contributed by atoms with Gasteiger partial charge in [0.1, 0.15) is 43.5 Å². The minimum Gasteiger partial charge on any atom is -0.493 e. The maximum Gasteiger partial charge on any atom is 0.294 e. The van der Waals surface area contributed by atoms with E-state index in [1.54, 1.807) is 25.2 Å². The Bertz CT molecular complexity index is 1900. The molecule has 0 bridgehead atoms. The van der Waals surface area contributed by atoms with E-state index in [0.29, 0.717) is 61.6 Å². The van der Waals surface area contributed by atoms with E-state index in [-0.39, 0.29) is 16.3 Å². The molecule has 4 rings (SSSR count). The number of H-pyrrole nitrogens is 1. The summed E-state index contributed by atoms with van der Waals surface area (Å²) in [6, 6.07) is 4.71. The van der Waals surface area contributed by atoms with Crippen LogP contribution in [0.4, 0.5) is 0 Å². The van der Waals surface area contributed by atoms with Crippen molar-refractivity contribution < 1.29 is 52.9 Å². The molecule has 1 N–H and O–H groups in total. The van der Waals surface area contributed by atoms with Crippen molar-refractivity contribution in [3.8, 4) is 17.1 Å². The van der Waals surface area contributed by atoms with Gasteiger partial charge >= 0.3 is 0 Å². The van der Waals surface area contributed by atoms with Crippen LogP contribution < -0.4 is 10.3 Å². The molecule has 1 aliphatic rings. The van der Waals surface area contributed by atoms with Gasteiger partial charge < -0.3 is 34.0 Å². The molecule has 2 aromatic heterocycles. The smallest absolute Gasteiger partial charge is 0.294 e. The normalized spacial score (nSPS) is 13.7. The molecule has 1 aromatic carbocycles. The quantitative estimate of drug-likeness (QED) is 0.127. The second-order valence-electron chi connectivity index (χ2n) is 11.7. The lowest BCUT2D eigenvalue weighted by Gasteiger charge is -2.31. The van der Waals surface area contributed by atoms with Gasteiger partial charge in [0.15, 0.2) is 5.52 Å². The minimum atomic E-state index is -3.70. The minimum absolute atomic E-state index is 0.147. The third-order valence-corrected chi connectivity index (χ3v) is 9.65. The molecule has 298 valence electrons. The lowest BCUT2D eigenvalue weighted by atomic mass is 9.92. The molecule has 1 aliphatic heterocycles. The van der Waals surface area contributed by atoms with Crippen molar-refractivity contribution in [3.05, 3.63) is 74.7 Å². The third kappa shape index (κ3) is 11.3. The highest BCUT2D eigenvalue weighted by atomic mass is 32.2. The predicted molar refractivity (Wildman–Crippen MR) is 180 cm³/mol. The second-order valence-corrected chi connectivity index (χ2v) is 13.7. The van der Waals surface area contributed by atoms with Crippen molar-refractivity contribution >= 4 is 21.1 Å². The van der Waals surface area contributed by atoms with Crippen LogP contribution in [0.1, 0.15) is 26.0 Å². The van der Waals surface area contributed by atoms with Gasteiger partial charge in [-0.3, -0.25) is 9.48 Å². The van der Waals surface area contributed by atoms with Crippen LogP contribution in [0.15, 0.2) is 27.9 Å². The highest BCUT2D eigenvalue weighted by molar-refractivity contribution is 7.89. The Kier molecular flexibility index (Phi) is 14.7. The van der Waals surface area contributed by atoms with E-state index in [2.05, 4.69) is 34.3 Å². The van der Waals surface area contributed by atoms with Gasteiger partial charge in [-0.05, 0) is 38.6 Å². The second kappa shape index (κ2) is 18.7. The molecule has 0 atom stereocenters. The van der Waals surface area contributed by atoms with Crippen LogP contribution in [0.5, 0.6) is 5.75 Å². The molecule has 0 saturated carbocycles. The number of hydrogen-bond acceptors (Lipinski definition) is 19. The number of likely N-dealkylation sites (N-methyl/N-ethyl adjacent to an activating group) is 1. The van der Waals surface area contributed by atoms with E-state index < -0.39 is 62.2 Å². The summed E-state index contributed by atoms with van der Waals surface area (Å²) < 4.78 is 35.4. The molecule has 0 aliphatic carbocycles. The van der Waals surface area contributed by atoms with Crippen LogP contribution in [0.2, 0.25) is 0 Å². The van der Waals surface area contributed by atoms with Gasteiger partial charge in [0.25, 0.3) is 25.9 Å². The maximum absolute atomic E-state index is 13.3. The average molecular weight is 791 g/mol. The summed E-state index contributed by atoms with van der Waals surface area (Å²) in [6.45, 7) is 2.35. The molecule has 0 unspecified atom stereocenters. The third-order valence-electron chi connectivity index (χ3n) is 7.76. The Morgan fingerprint density at radius 2 is 1.37 bits per heavy atom. The van der Waals surface area contributed by atoms with Crippen molar-refractivity contribution in [1.82, 2.24) is 29.0 Å². The van der Waals surface area contributed by atoms with Crippen LogP contribution in [-0.4, -0.2) is 124 Å². The van der Waals surface area contributed by atoms with Crippen LogP contribution in [-0.2, 0) is 42.8 Å². The van der Waals surface area contributed by atoms with Crippen molar-refractivity contribution in [1.29, 1.82) is 0 Å². The number of fused-ring (bicyclic) bond motifs is 1. The van der Waals surface area contributed by atoms with Gasteiger partial charge in [-0.1, -0.05) is 13.3 Å². The first-order valence-corrected chi connectivity index (χ1v) is 17.4. The van der Waals surface area contributed by atoms with Crippen molar-refractivity contribution in [3.63, 3.8) is 0 Å². The van der Waals surface area contributed by atoms with Crippen molar-refractivity contribution in [2.24, 2.45) is 12.5 Å². The predicted octanol–water partition coefficient (Wildman–Crippen LogP) is 0.417. The molecule has 27 heteroatoms. The number of piperazine rings is 1. The van der Waals surface area contributed by atoms with Gasteiger partial charge in [0.2, 0.25) is 10.0 Å². The van der Waals surface area contributed by atoms with Crippen molar-refractivity contribution in [2.75, 3.05) is 66.3 Å². The Morgan fingerprint density at radius 3 is 1.83 bits per heavy atom. The summed E-state index contributed by atoms with van der Waals surface area (Å²) in [7, 11) is -0.00831. The zero-order chi connectivity index (χ0) is 40.2. The molecule has 0 spiro atoms. The van der Waals surface area contributed by atoms with Crippen LogP contribution in [0.3, 0.4) is 0 Å². The number of aryl methyl sites for hydroxylation is 2. The molecule has 1 saturated heterocycles. The Balaban J connectivity index is 0.000000325. The van der Waals surface area contributed by atoms with Gasteiger partial charge in [0.05, 0.1) is 28.2 Å². The van der Waals surface area contributed by atoms with E-state index >= 15 is 0 Å². The lowest BCUT2D eigenvalue weighted by molar-refractivity contribution is -0.792. The molecular formula is C27H38N10O16S. The number of benzene rings is 1. The topological polar surface area (TPSA) is 323 Å². The van der Waals surface area contributed by atoms with Crippen LogP contribution in [0, 0.1) is 45.9 Å². The largest absolute Gasteiger partial charge is 0.493 e. The van der Waals surface area contributed by atoms with E-state index in [4.69, 9.17) is 9.72 Å². The molecule has 54 heavy (non-hydrogen) atoms. The Hall–Kier alpha value is -5.96. The first kappa shape index (κ1) is 42.5. The maximum atomic E-state index is 13.3. The molecule has 1 fully saturated rings. The number of ether oxygens (including phenoxy) is 1. The molecule has 26 nitrogen and oxygen atoms in total. The zero-order valence-electron chi connectivity index (χ0n) is 29.5. The molecule has 3 heterocycles. The first-order valence-electron chi connectivity index (χ1n) is 15.9. The van der Waals surface area contributed by atoms with E-state index in [1.807, 2.05) is 20.9 Å². The van der Waals surface area contributed by atoms with Crippen LogP contribution in [0.25, 0.3) is 22.4 Å². The fourth-order valence-corrected chi connectivity index (χ4v) is 6.55. The SMILES string of the molecule is CCCc1nn(C)c2c(=O)[nH]c(-c3cc(S(=O)(=O)N4CCN(C)CC4)ccc3OCC)nc12.O=[N+]([O-])OCC(CO[N+](=O)[O-])(CO[N+](=O)[O-])CO[N+](=O)[O-]. The number of aromatic amines is 1. The van der Waals surface area contributed by atoms with Crippen molar-refractivity contribution in [2.45, 2.75) is 31.6 Å². The fourth-order valence-electron chi connectivity index (χ4n) is 5.10. The summed E-state index contributed by atoms with van der Waals surface area (Å²) in [5, 5.41) is 39.7. The number of aromatic nitrogens is 4. The molecule has 0 amide bonds. The van der Waals surface area contributed by atoms with E-state index in [9.17, 15) is 53.7 Å². The van der Waals surface area contributed by atoms with Crippen LogP contribution >= 0.6 is 0 Å². The van der Waals surface area contributed by atoms with E-state index in [1.165, 1.54) is 8.99 Å². The number of sulfonamides is 1. The first-order chi connectivity index (χ1) is 25.4. The van der Waals surface area contributed by atoms with Gasteiger partial charge in [0, 0.05) is 33.2 Å². The standard InChI is InChI=1S/C22H30N6O4S.C5H8N4O12/c1-5-7-17-19-20(27(4)25-17)22(29)24-21(23-19)16-14-15(8-9-18(16)32-6-2)33(30,31)28-12-10-26(3)11-13-28;10-6(11)18-1-5(2-19-7(12)13,3-20-8(14)15)4-21-9(16)17/h8-9,14H,5-7,10-13H2,1-4H3,(H,23,24,29);1-4H2. The average Bonchev–Trinajstić information content (AvgIpc) is 3.43. The molecular weight excluding hydrogens is 752 g/mol. The summed E-state index contributed by atoms with van der Waals surface area (Å²) in [5.74, 6) is 0.718. The van der Waals surface area contributed by atoms with Gasteiger partial charge in [-0.15, -0.1) is 40.5 Å². The molecule has 3 aromatic rings. The summed E-state index contributed by atoms with van der Waals surface area (Å²) in [5.41, 5.74) is -0.282. The highest BCUT2D eigenvalue weighted by Crippen LogP contribution is 2.32. The summed E-state index contributed by atoms with van der Waals surface area (Å²) in [6.07, 6.45) is 1.54. The fraction of sp³-hybridized carbons (Fsp3) is 0.593.